The summed E-state index contributed by atoms with van der Waals surface area (Å²) in [7, 11) is 0. The van der Waals surface area contributed by atoms with Gasteiger partial charge < -0.3 is 5.32 Å². The average molecular weight is 384 g/mol. The summed E-state index contributed by atoms with van der Waals surface area (Å²) in [6, 6.07) is 12.2. The molecule has 3 rings (SSSR count). The Labute approximate surface area is 167 Å². The highest BCUT2D eigenvalue weighted by atomic mass is 35.5. The van der Waals surface area contributed by atoms with Crippen molar-refractivity contribution in [3.8, 4) is 11.3 Å². The van der Waals surface area contributed by atoms with Gasteiger partial charge >= 0.3 is 0 Å². The molecule has 0 radical (unpaired) electrons. The van der Waals surface area contributed by atoms with Gasteiger partial charge in [-0.05, 0) is 69.4 Å². The number of pyridine rings is 1. The smallest absolute Gasteiger partial charge is 0.139 e. The van der Waals surface area contributed by atoms with Crippen LogP contribution in [-0.4, -0.2) is 14.9 Å². The Balaban J connectivity index is 2.19. The molecule has 27 heavy (non-hydrogen) atoms. The highest BCUT2D eigenvalue weighted by Gasteiger charge is 2.28. The monoisotopic (exact) mass is 383 g/mol. The van der Waals surface area contributed by atoms with Gasteiger partial charge in [-0.3, -0.25) is 4.40 Å². The van der Waals surface area contributed by atoms with Gasteiger partial charge in [0.25, 0.3) is 0 Å². The van der Waals surface area contributed by atoms with Gasteiger partial charge in [-0.2, -0.15) is 0 Å². The first-order valence-corrected chi connectivity index (χ1v) is 9.87. The second-order valence-corrected chi connectivity index (χ2v) is 9.87. The minimum atomic E-state index is -0.0767. The third-order valence-electron chi connectivity index (χ3n) is 4.60. The van der Waals surface area contributed by atoms with Crippen molar-refractivity contribution in [2.24, 2.45) is 5.41 Å². The van der Waals surface area contributed by atoms with E-state index in [2.05, 4.69) is 70.3 Å². The molecule has 2 heterocycles. The minimum absolute atomic E-state index is 0.0767. The molecule has 0 spiro atoms. The van der Waals surface area contributed by atoms with Gasteiger partial charge in [0.15, 0.2) is 0 Å². The first kappa shape index (κ1) is 19.8. The van der Waals surface area contributed by atoms with Crippen molar-refractivity contribution < 1.29 is 0 Å². The Bertz CT molecular complexity index is 960. The van der Waals surface area contributed by atoms with E-state index in [0.29, 0.717) is 0 Å². The summed E-state index contributed by atoms with van der Waals surface area (Å²) in [6.45, 7) is 15.6. The predicted octanol–water partition coefficient (Wildman–Crippen LogP) is 6.90. The highest BCUT2D eigenvalue weighted by Crippen LogP contribution is 2.36. The number of nitrogens with zero attached hydrogens (tertiary/aromatic N) is 2. The van der Waals surface area contributed by atoms with Crippen LogP contribution in [0.4, 0.5) is 5.82 Å². The lowest BCUT2D eigenvalue weighted by Crippen LogP contribution is -2.36. The molecule has 0 aliphatic heterocycles. The van der Waals surface area contributed by atoms with Crippen LogP contribution in [0.2, 0.25) is 5.02 Å². The molecule has 0 saturated carbocycles. The fourth-order valence-electron chi connectivity index (χ4n) is 4.15. The standard InChI is InChI=1S/C23H30ClN3/c1-15-12-16(2)27-19(13-15)25-20(17-8-10-18(24)11-9-17)21(27)26-23(6,7)14-22(3,4)5/h8-13,26H,14H2,1-7H3. The van der Waals surface area contributed by atoms with Crippen molar-refractivity contribution >= 4 is 23.1 Å². The number of aromatic nitrogens is 2. The molecular formula is C23H30ClN3. The number of halogens is 1. The topological polar surface area (TPSA) is 29.3 Å². The van der Waals surface area contributed by atoms with Gasteiger partial charge in [-0.25, -0.2) is 4.98 Å². The van der Waals surface area contributed by atoms with E-state index in [0.717, 1.165) is 34.2 Å². The number of benzene rings is 1. The quantitative estimate of drug-likeness (QED) is 0.531. The van der Waals surface area contributed by atoms with Gasteiger partial charge in [0, 0.05) is 21.8 Å². The number of imidazole rings is 1. The minimum Gasteiger partial charge on any atom is -0.364 e. The second-order valence-electron chi connectivity index (χ2n) is 9.43. The van der Waals surface area contributed by atoms with Crippen LogP contribution in [0.5, 0.6) is 0 Å². The third kappa shape index (κ3) is 4.47. The van der Waals surface area contributed by atoms with Crippen LogP contribution in [0.25, 0.3) is 16.9 Å². The Morgan fingerprint density at radius 1 is 1.00 bits per heavy atom. The van der Waals surface area contributed by atoms with E-state index in [1.807, 2.05) is 24.3 Å². The lowest BCUT2D eigenvalue weighted by molar-refractivity contribution is 0.302. The Morgan fingerprint density at radius 2 is 1.63 bits per heavy atom. The molecule has 2 aromatic heterocycles. The van der Waals surface area contributed by atoms with E-state index >= 15 is 0 Å². The van der Waals surface area contributed by atoms with E-state index in [1.165, 1.54) is 11.3 Å². The van der Waals surface area contributed by atoms with Gasteiger partial charge in [-0.1, -0.05) is 44.5 Å². The Kier molecular flexibility index (Phi) is 5.02. The fourth-order valence-corrected chi connectivity index (χ4v) is 4.27. The van der Waals surface area contributed by atoms with E-state index in [9.17, 15) is 0 Å². The molecule has 0 amide bonds. The lowest BCUT2D eigenvalue weighted by Gasteiger charge is -2.34. The van der Waals surface area contributed by atoms with E-state index in [-0.39, 0.29) is 11.0 Å². The summed E-state index contributed by atoms with van der Waals surface area (Å²) in [4.78, 5) is 4.97. The molecule has 0 aliphatic rings. The Morgan fingerprint density at radius 3 is 2.22 bits per heavy atom. The molecule has 0 atom stereocenters. The highest BCUT2D eigenvalue weighted by molar-refractivity contribution is 6.30. The molecular weight excluding hydrogens is 354 g/mol. The van der Waals surface area contributed by atoms with Crippen molar-refractivity contribution in [2.45, 2.75) is 60.4 Å². The van der Waals surface area contributed by atoms with Crippen molar-refractivity contribution in [2.75, 3.05) is 5.32 Å². The predicted molar refractivity (Wildman–Crippen MR) is 117 cm³/mol. The van der Waals surface area contributed by atoms with Gasteiger partial charge in [-0.15, -0.1) is 0 Å². The van der Waals surface area contributed by atoms with Crippen LogP contribution in [0.3, 0.4) is 0 Å². The first-order chi connectivity index (χ1) is 12.5. The Hall–Kier alpha value is -2.00. The molecule has 3 nitrogen and oxygen atoms in total. The number of hydrogen-bond acceptors (Lipinski definition) is 2. The first-order valence-electron chi connectivity index (χ1n) is 9.49. The molecule has 0 aliphatic carbocycles. The van der Waals surface area contributed by atoms with Crippen LogP contribution >= 0.6 is 11.6 Å². The van der Waals surface area contributed by atoms with E-state index < -0.39 is 0 Å². The largest absolute Gasteiger partial charge is 0.364 e. The van der Waals surface area contributed by atoms with Crippen LogP contribution in [0.15, 0.2) is 36.4 Å². The summed E-state index contributed by atoms with van der Waals surface area (Å²) < 4.78 is 2.22. The molecule has 1 N–H and O–H groups in total. The molecule has 0 bridgehead atoms. The van der Waals surface area contributed by atoms with Crippen LogP contribution in [0, 0.1) is 19.3 Å². The molecule has 0 unspecified atom stereocenters. The lowest BCUT2D eigenvalue weighted by atomic mass is 9.82. The van der Waals surface area contributed by atoms with E-state index in [1.54, 1.807) is 0 Å². The second kappa shape index (κ2) is 6.87. The fraction of sp³-hybridized carbons (Fsp3) is 0.435. The molecule has 144 valence electrons. The van der Waals surface area contributed by atoms with Crippen LogP contribution < -0.4 is 5.32 Å². The third-order valence-corrected chi connectivity index (χ3v) is 4.85. The zero-order valence-corrected chi connectivity index (χ0v) is 18.2. The molecule has 0 fully saturated rings. The molecule has 4 heteroatoms. The van der Waals surface area contributed by atoms with Crippen LogP contribution in [0.1, 0.15) is 52.3 Å². The van der Waals surface area contributed by atoms with Gasteiger partial charge in [0.1, 0.15) is 17.2 Å². The number of anilines is 1. The van der Waals surface area contributed by atoms with Crippen molar-refractivity contribution in [1.82, 2.24) is 9.38 Å². The average Bonchev–Trinajstić information content (AvgIpc) is 2.83. The number of aryl methyl sites for hydroxylation is 2. The zero-order valence-electron chi connectivity index (χ0n) is 17.4. The summed E-state index contributed by atoms with van der Waals surface area (Å²) in [5, 5.41) is 4.54. The number of hydrogen-bond donors (Lipinski definition) is 1. The summed E-state index contributed by atoms with van der Waals surface area (Å²) in [5.74, 6) is 1.04. The van der Waals surface area contributed by atoms with Crippen LogP contribution in [-0.2, 0) is 0 Å². The van der Waals surface area contributed by atoms with Crippen molar-refractivity contribution in [3.63, 3.8) is 0 Å². The molecule has 1 aromatic carbocycles. The summed E-state index contributed by atoms with van der Waals surface area (Å²) in [5.41, 5.74) is 5.53. The maximum Gasteiger partial charge on any atom is 0.139 e. The SMILES string of the molecule is Cc1cc(C)n2c(NC(C)(C)CC(C)(C)C)c(-c3ccc(Cl)cc3)nc2c1. The number of fused-ring (bicyclic) bond motifs is 1. The van der Waals surface area contributed by atoms with E-state index in [4.69, 9.17) is 16.6 Å². The summed E-state index contributed by atoms with van der Waals surface area (Å²) in [6.07, 6.45) is 1.04. The maximum absolute atomic E-state index is 6.10. The summed E-state index contributed by atoms with van der Waals surface area (Å²) >= 11 is 6.10. The van der Waals surface area contributed by atoms with Gasteiger partial charge in [0.05, 0.1) is 0 Å². The van der Waals surface area contributed by atoms with Crippen molar-refractivity contribution in [1.29, 1.82) is 0 Å². The normalized spacial score (nSPS) is 12.6. The van der Waals surface area contributed by atoms with Gasteiger partial charge in [0.2, 0.25) is 0 Å². The molecule has 0 saturated heterocycles. The maximum atomic E-state index is 6.10. The zero-order chi connectivity index (χ0) is 20.0. The molecule has 3 aromatic rings. The number of nitrogens with one attached hydrogen (secondary N) is 1. The van der Waals surface area contributed by atoms with Crippen molar-refractivity contribution in [3.05, 3.63) is 52.7 Å². The number of rotatable bonds is 4.